The first-order chi connectivity index (χ1) is 6.71. The Morgan fingerprint density at radius 2 is 1.53 bits per heavy atom. The third-order valence-corrected chi connectivity index (χ3v) is 3.16. The van der Waals surface area contributed by atoms with Gasteiger partial charge in [-0.15, -0.1) is 0 Å². The van der Waals surface area contributed by atoms with Crippen LogP contribution < -0.4 is 0 Å². The van der Waals surface area contributed by atoms with E-state index in [0.29, 0.717) is 11.1 Å². The Morgan fingerprint density at radius 3 is 1.93 bits per heavy atom. The summed E-state index contributed by atoms with van der Waals surface area (Å²) in [6.45, 7) is 8.38. The van der Waals surface area contributed by atoms with E-state index in [4.69, 9.17) is 0 Å². The van der Waals surface area contributed by atoms with Crippen molar-refractivity contribution in [1.29, 1.82) is 0 Å². The molecule has 0 amide bonds. The van der Waals surface area contributed by atoms with Crippen LogP contribution in [0.5, 0.6) is 0 Å². The fraction of sp³-hybridized carbons (Fsp3) is 0.545. The van der Waals surface area contributed by atoms with E-state index >= 15 is 0 Å². The highest BCUT2D eigenvalue weighted by Crippen LogP contribution is 2.40. The first-order valence-electron chi connectivity index (χ1n) is 4.79. The van der Waals surface area contributed by atoms with E-state index in [2.05, 4.69) is 0 Å². The van der Waals surface area contributed by atoms with Crippen LogP contribution in [0.1, 0.15) is 34.6 Å². The number of hydrogen-bond donors (Lipinski definition) is 0. The smallest absolute Gasteiger partial charge is 0.262 e. The lowest BCUT2D eigenvalue weighted by Gasteiger charge is -2.27. The molecule has 1 rings (SSSR count). The summed E-state index contributed by atoms with van der Waals surface area (Å²) < 4.78 is 0. The molecule has 1 aliphatic carbocycles. The van der Waals surface area contributed by atoms with Gasteiger partial charge in [0.2, 0.25) is 0 Å². The lowest BCUT2D eigenvalue weighted by atomic mass is 9.73. The molecule has 0 spiro atoms. The first-order valence-corrected chi connectivity index (χ1v) is 4.79. The maximum absolute atomic E-state index is 11.9. The highest BCUT2D eigenvalue weighted by atomic mass is 16.6. The summed E-state index contributed by atoms with van der Waals surface area (Å²) in [5.74, 6) is -0.155. The quantitative estimate of drug-likeness (QED) is 0.492. The third-order valence-electron chi connectivity index (χ3n) is 3.16. The molecule has 0 heterocycles. The van der Waals surface area contributed by atoms with E-state index in [1.54, 1.807) is 34.6 Å². The molecular weight excluding hydrogens is 194 g/mol. The van der Waals surface area contributed by atoms with Gasteiger partial charge >= 0.3 is 0 Å². The van der Waals surface area contributed by atoms with Crippen molar-refractivity contribution in [3.8, 4) is 0 Å². The minimum Gasteiger partial charge on any atom is -0.293 e. The van der Waals surface area contributed by atoms with E-state index < -0.39 is 10.3 Å². The van der Waals surface area contributed by atoms with E-state index in [-0.39, 0.29) is 11.5 Å². The predicted octanol–water partition coefficient (Wildman–Crippen LogP) is 2.48. The number of nitrogens with zero attached hydrogens (tertiary/aromatic N) is 1. The normalized spacial score (nSPS) is 21.0. The zero-order valence-corrected chi connectivity index (χ0v) is 9.67. The Kier molecular flexibility index (Phi) is 2.55. The number of allylic oxidation sites excluding steroid dienone is 4. The summed E-state index contributed by atoms with van der Waals surface area (Å²) in [4.78, 5) is 22.4. The largest absolute Gasteiger partial charge is 0.293 e. The van der Waals surface area contributed by atoms with Crippen molar-refractivity contribution in [3.63, 3.8) is 0 Å². The van der Waals surface area contributed by atoms with Gasteiger partial charge < -0.3 is 0 Å². The molecule has 0 unspecified atom stereocenters. The molecule has 0 N–H and O–H groups in total. The van der Waals surface area contributed by atoms with Gasteiger partial charge in [0.1, 0.15) is 5.41 Å². The molecule has 0 saturated carbocycles. The summed E-state index contributed by atoms with van der Waals surface area (Å²) in [6, 6.07) is 0. The number of Topliss-reactive ketones (excluding diaryl/α,β-unsaturated/α-hetero) is 1. The zero-order valence-electron chi connectivity index (χ0n) is 9.67. The maximum Gasteiger partial charge on any atom is 0.262 e. The van der Waals surface area contributed by atoms with Crippen LogP contribution in [-0.2, 0) is 4.79 Å². The second-order valence-corrected chi connectivity index (χ2v) is 4.43. The molecule has 0 aromatic rings. The molecule has 0 aliphatic heterocycles. The minimum absolute atomic E-state index is 0.0237. The number of carbonyl (C=O) groups is 1. The second kappa shape index (κ2) is 3.29. The Morgan fingerprint density at radius 1 is 1.07 bits per heavy atom. The van der Waals surface area contributed by atoms with Crippen molar-refractivity contribution in [2.45, 2.75) is 34.6 Å². The van der Waals surface area contributed by atoms with Crippen molar-refractivity contribution in [2.75, 3.05) is 0 Å². The monoisotopic (exact) mass is 209 g/mol. The standard InChI is InChI=1S/C11H15NO3/c1-6-7(2)9(12(14)15)11(4,5)10(13)8(6)3/h1-5H3. The van der Waals surface area contributed by atoms with E-state index in [1.165, 1.54) is 0 Å². The van der Waals surface area contributed by atoms with Crippen molar-refractivity contribution in [2.24, 2.45) is 5.41 Å². The van der Waals surface area contributed by atoms with Crippen molar-refractivity contribution >= 4 is 5.78 Å². The van der Waals surface area contributed by atoms with Gasteiger partial charge in [0.25, 0.3) is 5.70 Å². The Labute approximate surface area is 88.8 Å². The van der Waals surface area contributed by atoms with Gasteiger partial charge in [0, 0.05) is 5.57 Å². The molecule has 0 aromatic carbocycles. The fourth-order valence-electron chi connectivity index (χ4n) is 2.04. The molecule has 82 valence electrons. The van der Waals surface area contributed by atoms with Gasteiger partial charge in [-0.25, -0.2) is 0 Å². The number of hydrogen-bond acceptors (Lipinski definition) is 3. The molecule has 4 nitrogen and oxygen atoms in total. The number of carbonyl (C=O) groups excluding carboxylic acids is 1. The molecular formula is C11H15NO3. The van der Waals surface area contributed by atoms with Crippen LogP contribution in [0.3, 0.4) is 0 Å². The summed E-state index contributed by atoms with van der Waals surface area (Å²) in [5, 5.41) is 11.0. The number of nitro groups is 1. The zero-order chi connectivity index (χ0) is 12.0. The summed E-state index contributed by atoms with van der Waals surface area (Å²) >= 11 is 0. The average molecular weight is 209 g/mol. The fourth-order valence-corrected chi connectivity index (χ4v) is 2.04. The molecule has 0 fully saturated rings. The summed E-state index contributed by atoms with van der Waals surface area (Å²) in [5.41, 5.74) is 0.976. The van der Waals surface area contributed by atoms with Gasteiger partial charge in [-0.2, -0.15) is 0 Å². The van der Waals surface area contributed by atoms with E-state index in [0.717, 1.165) is 5.57 Å². The molecule has 0 saturated heterocycles. The van der Waals surface area contributed by atoms with Crippen molar-refractivity contribution in [1.82, 2.24) is 0 Å². The SMILES string of the molecule is CC1=C(C)C(C)=C([N+](=O)[O-])C(C)(C)C1=O. The van der Waals surface area contributed by atoms with Crippen LogP contribution in [0, 0.1) is 15.5 Å². The van der Waals surface area contributed by atoms with Crippen LogP contribution in [0.15, 0.2) is 22.4 Å². The Bertz CT molecular complexity index is 414. The molecule has 0 bridgehead atoms. The highest BCUT2D eigenvalue weighted by Gasteiger charge is 2.46. The molecule has 0 atom stereocenters. The van der Waals surface area contributed by atoms with Crippen LogP contribution in [0.4, 0.5) is 0 Å². The third kappa shape index (κ3) is 1.50. The second-order valence-electron chi connectivity index (χ2n) is 4.43. The lowest BCUT2D eigenvalue weighted by Crippen LogP contribution is -2.35. The van der Waals surface area contributed by atoms with Gasteiger partial charge in [-0.1, -0.05) is 0 Å². The van der Waals surface area contributed by atoms with Gasteiger partial charge in [-0.3, -0.25) is 14.9 Å². The van der Waals surface area contributed by atoms with Crippen LogP contribution in [0.2, 0.25) is 0 Å². The van der Waals surface area contributed by atoms with Gasteiger partial charge in [0.15, 0.2) is 5.78 Å². The Hall–Kier alpha value is -1.45. The van der Waals surface area contributed by atoms with Crippen LogP contribution in [-0.4, -0.2) is 10.7 Å². The highest BCUT2D eigenvalue weighted by molar-refractivity contribution is 6.03. The number of rotatable bonds is 1. The number of ketones is 1. The van der Waals surface area contributed by atoms with Gasteiger partial charge in [0.05, 0.1) is 4.92 Å². The molecule has 0 radical (unpaired) electrons. The molecule has 15 heavy (non-hydrogen) atoms. The van der Waals surface area contributed by atoms with Crippen molar-refractivity contribution in [3.05, 3.63) is 32.5 Å². The lowest BCUT2D eigenvalue weighted by molar-refractivity contribution is -0.438. The molecule has 1 aliphatic rings. The minimum atomic E-state index is -1.02. The van der Waals surface area contributed by atoms with E-state index in [9.17, 15) is 14.9 Å². The van der Waals surface area contributed by atoms with E-state index in [1.807, 2.05) is 0 Å². The Balaban J connectivity index is 3.56. The summed E-state index contributed by atoms with van der Waals surface area (Å²) in [6.07, 6.45) is 0. The van der Waals surface area contributed by atoms with Gasteiger partial charge in [-0.05, 0) is 45.8 Å². The van der Waals surface area contributed by atoms with Crippen LogP contribution in [0.25, 0.3) is 0 Å². The average Bonchev–Trinajstić information content (AvgIpc) is 2.11. The van der Waals surface area contributed by atoms with Crippen LogP contribution >= 0.6 is 0 Å². The maximum atomic E-state index is 11.9. The topological polar surface area (TPSA) is 60.2 Å². The first kappa shape index (κ1) is 11.6. The molecule has 4 heteroatoms. The molecule has 0 aromatic heterocycles. The van der Waals surface area contributed by atoms with Crippen molar-refractivity contribution < 1.29 is 9.72 Å². The summed E-state index contributed by atoms with van der Waals surface area (Å²) in [7, 11) is 0. The predicted molar refractivity (Wildman–Crippen MR) is 56.9 cm³/mol.